The minimum Gasteiger partial charge on any atom is -0.407 e. The minimum absolute atomic E-state index is 0.506. The van der Waals surface area contributed by atoms with Crippen LogP contribution < -0.4 is 4.84 Å². The molecule has 0 unspecified atom stereocenters. The number of aryl methyl sites for hydroxylation is 1. The molecule has 0 N–H and O–H groups in total. The van der Waals surface area contributed by atoms with E-state index in [4.69, 9.17) is 9.82 Å². The van der Waals surface area contributed by atoms with Crippen LogP contribution in [0, 0.1) is 0 Å². The van der Waals surface area contributed by atoms with Gasteiger partial charge in [-0.3, -0.25) is 4.98 Å². The van der Waals surface area contributed by atoms with Gasteiger partial charge in [0.25, 0.3) is 0 Å². The molecule has 2 aromatic carbocycles. The Kier molecular flexibility index (Phi) is 4.89. The van der Waals surface area contributed by atoms with Gasteiger partial charge in [0.2, 0.25) is 0 Å². The van der Waals surface area contributed by atoms with E-state index in [0.29, 0.717) is 6.61 Å². The molecule has 26 heavy (non-hydrogen) atoms. The summed E-state index contributed by atoms with van der Waals surface area (Å²) in [6.45, 7) is 2.69. The Hall–Kier alpha value is -2.40. The first-order chi connectivity index (χ1) is 12.8. The van der Waals surface area contributed by atoms with Crippen LogP contribution in [0.2, 0.25) is 0 Å². The molecule has 0 aliphatic carbocycles. The summed E-state index contributed by atoms with van der Waals surface area (Å²) < 4.78 is 2.93. The van der Waals surface area contributed by atoms with Crippen molar-refractivity contribution < 1.29 is 4.84 Å². The van der Waals surface area contributed by atoms with Crippen LogP contribution in [-0.4, -0.2) is 14.7 Å². The summed E-state index contributed by atoms with van der Waals surface area (Å²) in [5.74, 6) is 0.954. The fourth-order valence-corrected chi connectivity index (χ4v) is 3.44. The monoisotopic (exact) mass is 409 g/mol. The van der Waals surface area contributed by atoms with Crippen molar-refractivity contribution in [2.75, 3.05) is 0 Å². The predicted molar refractivity (Wildman–Crippen MR) is 108 cm³/mol. The third kappa shape index (κ3) is 3.31. The standard InChI is InChI=1S/C21H20BrN3O/c1-2-3-9-20-24-19-13-23-18-12-16(22)10-11-17(18)21(19)25(20)26-14-15-7-5-4-6-8-15/h4-8,10-13H,2-3,9,14H2,1H3. The van der Waals surface area contributed by atoms with Gasteiger partial charge in [-0.05, 0) is 30.2 Å². The van der Waals surface area contributed by atoms with Crippen LogP contribution in [0.1, 0.15) is 31.2 Å². The fourth-order valence-electron chi connectivity index (χ4n) is 3.10. The Labute approximate surface area is 160 Å². The van der Waals surface area contributed by atoms with Gasteiger partial charge < -0.3 is 4.84 Å². The topological polar surface area (TPSA) is 39.9 Å². The molecule has 0 saturated carbocycles. The zero-order chi connectivity index (χ0) is 17.9. The Bertz CT molecular complexity index is 1040. The number of benzene rings is 2. The van der Waals surface area contributed by atoms with Gasteiger partial charge in [-0.1, -0.05) is 59.6 Å². The lowest BCUT2D eigenvalue weighted by molar-refractivity contribution is 0.0994. The lowest BCUT2D eigenvalue weighted by Crippen LogP contribution is -2.14. The van der Waals surface area contributed by atoms with E-state index >= 15 is 0 Å². The molecule has 0 spiro atoms. The molecule has 0 amide bonds. The van der Waals surface area contributed by atoms with Crippen LogP contribution in [0.5, 0.6) is 0 Å². The zero-order valence-corrected chi connectivity index (χ0v) is 16.2. The van der Waals surface area contributed by atoms with Crippen molar-refractivity contribution in [3.8, 4) is 0 Å². The minimum atomic E-state index is 0.506. The number of pyridine rings is 1. The number of halogens is 1. The molecule has 0 aliphatic heterocycles. The summed E-state index contributed by atoms with van der Waals surface area (Å²) in [5, 5.41) is 1.05. The van der Waals surface area contributed by atoms with E-state index in [9.17, 15) is 0 Å². The Morgan fingerprint density at radius 3 is 2.73 bits per heavy atom. The number of hydrogen-bond acceptors (Lipinski definition) is 3. The summed E-state index contributed by atoms with van der Waals surface area (Å²) in [6, 6.07) is 16.3. The molecule has 5 heteroatoms. The predicted octanol–water partition coefficient (Wildman–Crippen LogP) is 5.32. The highest BCUT2D eigenvalue weighted by atomic mass is 79.9. The molecule has 0 saturated heterocycles. The van der Waals surface area contributed by atoms with E-state index in [1.807, 2.05) is 41.3 Å². The Balaban J connectivity index is 1.82. The van der Waals surface area contributed by atoms with Crippen LogP contribution >= 0.6 is 15.9 Å². The normalized spacial score (nSPS) is 11.3. The largest absolute Gasteiger partial charge is 0.407 e. The Morgan fingerprint density at radius 2 is 1.92 bits per heavy atom. The third-order valence-corrected chi connectivity index (χ3v) is 4.92. The van der Waals surface area contributed by atoms with E-state index in [-0.39, 0.29) is 0 Å². The molecule has 0 bridgehead atoms. The summed E-state index contributed by atoms with van der Waals surface area (Å²) in [6.07, 6.45) is 4.92. The maximum atomic E-state index is 6.23. The molecule has 132 valence electrons. The number of fused-ring (bicyclic) bond motifs is 3. The van der Waals surface area contributed by atoms with Crippen LogP contribution in [0.15, 0.2) is 59.2 Å². The van der Waals surface area contributed by atoms with Gasteiger partial charge in [0.05, 0.1) is 11.7 Å². The van der Waals surface area contributed by atoms with E-state index in [1.54, 1.807) is 0 Å². The molecule has 4 aromatic rings. The van der Waals surface area contributed by atoms with Gasteiger partial charge in [-0.15, -0.1) is 0 Å². The first-order valence-electron chi connectivity index (χ1n) is 8.89. The van der Waals surface area contributed by atoms with Gasteiger partial charge in [-0.2, -0.15) is 4.73 Å². The maximum Gasteiger partial charge on any atom is 0.146 e. The molecule has 0 atom stereocenters. The molecule has 4 rings (SSSR count). The van der Waals surface area contributed by atoms with Gasteiger partial charge in [0, 0.05) is 16.3 Å². The molecular weight excluding hydrogens is 390 g/mol. The quantitative estimate of drug-likeness (QED) is 0.432. The van der Waals surface area contributed by atoms with Gasteiger partial charge in [0.15, 0.2) is 0 Å². The first kappa shape index (κ1) is 17.0. The number of rotatable bonds is 6. The summed E-state index contributed by atoms with van der Waals surface area (Å²) in [7, 11) is 0. The van der Waals surface area contributed by atoms with Crippen molar-refractivity contribution in [3.63, 3.8) is 0 Å². The SMILES string of the molecule is CCCCc1nc2cnc3cc(Br)ccc3c2n1OCc1ccccc1. The number of hydrogen-bond donors (Lipinski definition) is 0. The van der Waals surface area contributed by atoms with E-state index < -0.39 is 0 Å². The summed E-state index contributed by atoms with van der Waals surface area (Å²) in [5.41, 5.74) is 3.93. The van der Waals surface area contributed by atoms with Crippen molar-refractivity contribution >= 4 is 37.9 Å². The Morgan fingerprint density at radius 1 is 1.08 bits per heavy atom. The highest BCUT2D eigenvalue weighted by Gasteiger charge is 2.15. The van der Waals surface area contributed by atoms with Crippen LogP contribution in [0.3, 0.4) is 0 Å². The second-order valence-corrected chi connectivity index (χ2v) is 7.25. The fraction of sp³-hybridized carbons (Fsp3) is 0.238. The van der Waals surface area contributed by atoms with Crippen molar-refractivity contribution in [1.82, 2.24) is 14.7 Å². The van der Waals surface area contributed by atoms with E-state index in [1.165, 1.54) is 0 Å². The zero-order valence-electron chi connectivity index (χ0n) is 14.7. The second-order valence-electron chi connectivity index (χ2n) is 6.34. The number of nitrogens with zero attached hydrogens (tertiary/aromatic N) is 3. The highest BCUT2D eigenvalue weighted by molar-refractivity contribution is 9.10. The number of imidazole rings is 1. The first-order valence-corrected chi connectivity index (χ1v) is 9.68. The molecule has 0 aliphatic rings. The van der Waals surface area contributed by atoms with Crippen LogP contribution in [-0.2, 0) is 13.0 Å². The van der Waals surface area contributed by atoms with E-state index in [0.717, 1.165) is 57.1 Å². The average molecular weight is 410 g/mol. The summed E-state index contributed by atoms with van der Waals surface area (Å²) in [4.78, 5) is 15.6. The lowest BCUT2D eigenvalue weighted by atomic mass is 10.2. The van der Waals surface area contributed by atoms with Gasteiger partial charge >= 0.3 is 0 Å². The smallest absolute Gasteiger partial charge is 0.146 e. The molecule has 2 aromatic heterocycles. The van der Waals surface area contributed by atoms with Crippen molar-refractivity contribution in [3.05, 3.63) is 70.6 Å². The third-order valence-electron chi connectivity index (χ3n) is 4.43. The molecular formula is C21H20BrN3O. The summed E-state index contributed by atoms with van der Waals surface area (Å²) >= 11 is 3.52. The van der Waals surface area contributed by atoms with Crippen LogP contribution in [0.4, 0.5) is 0 Å². The maximum absolute atomic E-state index is 6.23. The second kappa shape index (κ2) is 7.46. The number of aromatic nitrogens is 3. The van der Waals surface area contributed by atoms with Crippen molar-refractivity contribution in [2.45, 2.75) is 32.8 Å². The highest BCUT2D eigenvalue weighted by Crippen LogP contribution is 2.27. The van der Waals surface area contributed by atoms with Crippen LogP contribution in [0.25, 0.3) is 21.9 Å². The molecule has 2 heterocycles. The average Bonchev–Trinajstić information content (AvgIpc) is 3.03. The van der Waals surface area contributed by atoms with Crippen molar-refractivity contribution in [1.29, 1.82) is 0 Å². The molecule has 0 radical (unpaired) electrons. The number of unbranched alkanes of at least 4 members (excludes halogenated alkanes) is 1. The lowest BCUT2D eigenvalue weighted by Gasteiger charge is -2.12. The van der Waals surface area contributed by atoms with Gasteiger partial charge in [-0.25, -0.2) is 4.98 Å². The molecule has 0 fully saturated rings. The molecule has 4 nitrogen and oxygen atoms in total. The van der Waals surface area contributed by atoms with Crippen molar-refractivity contribution in [2.24, 2.45) is 0 Å². The van der Waals surface area contributed by atoms with E-state index in [2.05, 4.69) is 46.0 Å². The van der Waals surface area contributed by atoms with Gasteiger partial charge in [0.1, 0.15) is 23.5 Å².